The molecule has 1 fully saturated rings. The number of benzene rings is 2. The van der Waals surface area contributed by atoms with E-state index in [0.717, 1.165) is 24.3 Å². The van der Waals surface area contributed by atoms with Crippen LogP contribution in [-0.2, 0) is 14.6 Å². The summed E-state index contributed by atoms with van der Waals surface area (Å²) >= 11 is 0. The van der Waals surface area contributed by atoms with Crippen LogP contribution in [0, 0.1) is 17.6 Å². The molecule has 0 spiro atoms. The molecule has 31 heavy (non-hydrogen) atoms. The third-order valence-corrected chi connectivity index (χ3v) is 6.90. The smallest absolute Gasteiger partial charge is 0.236 e. The fourth-order valence-corrected chi connectivity index (χ4v) is 4.80. The SMILES string of the molecule is NC(=O)C1CCN(c2oc(-c3ccc(F)cc3)nc2S(=O)(=O)c2ccc(F)cc2)CC1. The molecule has 1 saturated heterocycles. The lowest BCUT2D eigenvalue weighted by Crippen LogP contribution is -2.38. The van der Waals surface area contributed by atoms with Crippen molar-refractivity contribution in [2.75, 3.05) is 18.0 Å². The molecule has 2 heterocycles. The van der Waals surface area contributed by atoms with E-state index in [0.29, 0.717) is 31.5 Å². The summed E-state index contributed by atoms with van der Waals surface area (Å²) in [4.78, 5) is 17.2. The number of rotatable bonds is 5. The van der Waals surface area contributed by atoms with Gasteiger partial charge in [-0.25, -0.2) is 17.2 Å². The molecule has 0 bridgehead atoms. The Morgan fingerprint density at radius 3 is 2.10 bits per heavy atom. The van der Waals surface area contributed by atoms with Crippen LogP contribution in [-0.4, -0.2) is 32.4 Å². The van der Waals surface area contributed by atoms with Crippen LogP contribution in [0.4, 0.5) is 14.7 Å². The molecule has 1 amide bonds. The van der Waals surface area contributed by atoms with Gasteiger partial charge in [0.1, 0.15) is 11.6 Å². The van der Waals surface area contributed by atoms with Crippen LogP contribution in [0.2, 0.25) is 0 Å². The number of carbonyl (C=O) groups excluding carboxylic acids is 1. The van der Waals surface area contributed by atoms with Crippen LogP contribution in [0.3, 0.4) is 0 Å². The number of hydrogen-bond acceptors (Lipinski definition) is 6. The maximum atomic E-state index is 13.3. The van der Waals surface area contributed by atoms with E-state index in [4.69, 9.17) is 10.2 Å². The predicted octanol–water partition coefficient (Wildman–Crippen LogP) is 3.15. The number of aromatic nitrogens is 1. The summed E-state index contributed by atoms with van der Waals surface area (Å²) in [5.41, 5.74) is 5.78. The van der Waals surface area contributed by atoms with Gasteiger partial charge in [-0.15, -0.1) is 0 Å². The number of nitrogens with zero attached hydrogens (tertiary/aromatic N) is 2. The largest absolute Gasteiger partial charge is 0.419 e. The summed E-state index contributed by atoms with van der Waals surface area (Å²) in [5.74, 6) is -1.70. The van der Waals surface area contributed by atoms with Gasteiger partial charge in [0.25, 0.3) is 0 Å². The van der Waals surface area contributed by atoms with Gasteiger partial charge < -0.3 is 15.1 Å². The lowest BCUT2D eigenvalue weighted by atomic mass is 9.96. The number of carbonyl (C=O) groups is 1. The quantitative estimate of drug-likeness (QED) is 0.602. The van der Waals surface area contributed by atoms with Gasteiger partial charge in [-0.2, -0.15) is 4.98 Å². The highest BCUT2D eigenvalue weighted by molar-refractivity contribution is 7.91. The van der Waals surface area contributed by atoms with Crippen molar-refractivity contribution in [3.05, 3.63) is 60.2 Å². The van der Waals surface area contributed by atoms with Gasteiger partial charge in [0.15, 0.2) is 0 Å². The summed E-state index contributed by atoms with van der Waals surface area (Å²) in [7, 11) is -4.14. The van der Waals surface area contributed by atoms with Crippen LogP contribution in [0.1, 0.15) is 12.8 Å². The van der Waals surface area contributed by atoms with Crippen molar-refractivity contribution in [2.45, 2.75) is 22.8 Å². The zero-order chi connectivity index (χ0) is 22.2. The van der Waals surface area contributed by atoms with E-state index in [9.17, 15) is 22.0 Å². The van der Waals surface area contributed by atoms with Crippen molar-refractivity contribution in [3.63, 3.8) is 0 Å². The standard InChI is InChI=1S/C21H19F2N3O4S/c22-15-3-1-14(2-4-15)19-25-20(31(28,29)17-7-5-16(23)6-8-17)21(30-19)26-11-9-13(10-12-26)18(24)27/h1-8,13H,9-12H2,(H2,24,27). The maximum absolute atomic E-state index is 13.3. The predicted molar refractivity (Wildman–Crippen MR) is 108 cm³/mol. The molecule has 4 rings (SSSR count). The highest BCUT2D eigenvalue weighted by atomic mass is 32.2. The average molecular weight is 447 g/mol. The number of nitrogens with two attached hydrogens (primary N) is 1. The minimum absolute atomic E-state index is 0.00714. The van der Waals surface area contributed by atoms with Crippen molar-refractivity contribution in [1.29, 1.82) is 0 Å². The monoisotopic (exact) mass is 447 g/mol. The molecule has 10 heteroatoms. The molecule has 1 aromatic heterocycles. The van der Waals surface area contributed by atoms with Crippen molar-refractivity contribution in [2.24, 2.45) is 11.7 Å². The van der Waals surface area contributed by atoms with Gasteiger partial charge in [-0.05, 0) is 61.4 Å². The summed E-state index contributed by atoms with van der Waals surface area (Å²) in [6.07, 6.45) is 0.885. The Kier molecular flexibility index (Phi) is 5.48. The first-order valence-corrected chi connectivity index (χ1v) is 11.1. The fourth-order valence-electron chi connectivity index (χ4n) is 3.48. The minimum Gasteiger partial charge on any atom is -0.419 e. The van der Waals surface area contributed by atoms with E-state index in [1.165, 1.54) is 24.3 Å². The van der Waals surface area contributed by atoms with Gasteiger partial charge in [0, 0.05) is 24.6 Å². The maximum Gasteiger partial charge on any atom is 0.236 e. The third-order valence-electron chi connectivity index (χ3n) is 5.23. The average Bonchev–Trinajstić information content (AvgIpc) is 3.21. The molecule has 2 N–H and O–H groups in total. The number of amides is 1. The molecule has 162 valence electrons. The van der Waals surface area contributed by atoms with Crippen molar-refractivity contribution in [1.82, 2.24) is 4.98 Å². The topological polar surface area (TPSA) is 106 Å². The first-order valence-electron chi connectivity index (χ1n) is 9.57. The molecule has 7 nitrogen and oxygen atoms in total. The van der Waals surface area contributed by atoms with E-state index in [-0.39, 0.29) is 27.6 Å². The van der Waals surface area contributed by atoms with Crippen LogP contribution in [0.15, 0.2) is 62.9 Å². The van der Waals surface area contributed by atoms with E-state index in [2.05, 4.69) is 4.98 Å². The fraction of sp³-hybridized carbons (Fsp3) is 0.238. The molecule has 1 aliphatic heterocycles. The molecule has 3 aromatic rings. The Balaban J connectivity index is 1.78. The molecule has 0 aliphatic carbocycles. The first-order chi connectivity index (χ1) is 14.8. The minimum atomic E-state index is -4.14. The van der Waals surface area contributed by atoms with Gasteiger partial charge in [0.05, 0.1) is 4.90 Å². The Hall–Kier alpha value is -3.27. The summed E-state index contributed by atoms with van der Waals surface area (Å²) < 4.78 is 59.0. The van der Waals surface area contributed by atoms with Crippen LogP contribution in [0.25, 0.3) is 11.5 Å². The van der Waals surface area contributed by atoms with Crippen molar-refractivity contribution >= 4 is 21.6 Å². The van der Waals surface area contributed by atoms with Crippen LogP contribution < -0.4 is 10.6 Å². The zero-order valence-corrected chi connectivity index (χ0v) is 17.1. The Bertz CT molecular complexity index is 1200. The Morgan fingerprint density at radius 2 is 1.55 bits per heavy atom. The molecule has 0 unspecified atom stereocenters. The molecule has 0 atom stereocenters. The number of sulfone groups is 1. The van der Waals surface area contributed by atoms with E-state index >= 15 is 0 Å². The summed E-state index contributed by atoms with van der Waals surface area (Å²) in [5, 5.41) is -0.323. The van der Waals surface area contributed by atoms with Crippen LogP contribution in [0.5, 0.6) is 0 Å². The van der Waals surface area contributed by atoms with Gasteiger partial charge in [0.2, 0.25) is 32.5 Å². The second kappa shape index (κ2) is 8.10. The first kappa shape index (κ1) is 21.0. The van der Waals surface area contributed by atoms with Crippen molar-refractivity contribution in [3.8, 4) is 11.5 Å². The molecular formula is C21H19F2N3O4S. The molecule has 1 aliphatic rings. The lowest BCUT2D eigenvalue weighted by Gasteiger charge is -2.30. The number of anilines is 1. The summed E-state index contributed by atoms with van der Waals surface area (Å²) in [6.45, 7) is 0.690. The molecular weight excluding hydrogens is 428 g/mol. The molecule has 0 radical (unpaired) electrons. The second-order valence-electron chi connectivity index (χ2n) is 7.26. The highest BCUT2D eigenvalue weighted by Crippen LogP contribution is 2.36. The number of hydrogen-bond donors (Lipinski definition) is 1. The number of primary amides is 1. The number of oxazole rings is 1. The van der Waals surface area contributed by atoms with E-state index in [1.54, 1.807) is 4.90 Å². The molecule has 0 saturated carbocycles. The lowest BCUT2D eigenvalue weighted by molar-refractivity contribution is -0.122. The normalized spacial score (nSPS) is 15.2. The van der Waals surface area contributed by atoms with Crippen molar-refractivity contribution < 1.29 is 26.4 Å². The van der Waals surface area contributed by atoms with E-state index in [1.807, 2.05) is 0 Å². The number of halogens is 2. The van der Waals surface area contributed by atoms with Gasteiger partial charge in [-0.1, -0.05) is 0 Å². The zero-order valence-electron chi connectivity index (χ0n) is 16.3. The Morgan fingerprint density at radius 1 is 1.00 bits per heavy atom. The van der Waals surface area contributed by atoms with Gasteiger partial charge in [-0.3, -0.25) is 4.79 Å². The second-order valence-corrected chi connectivity index (χ2v) is 9.12. The molecule has 2 aromatic carbocycles. The Labute approximate surface area is 177 Å². The highest BCUT2D eigenvalue weighted by Gasteiger charge is 2.34. The van der Waals surface area contributed by atoms with Gasteiger partial charge >= 0.3 is 0 Å². The van der Waals surface area contributed by atoms with Crippen LogP contribution >= 0.6 is 0 Å². The van der Waals surface area contributed by atoms with E-state index < -0.39 is 27.4 Å². The third kappa shape index (κ3) is 4.15. The summed E-state index contributed by atoms with van der Waals surface area (Å²) in [6, 6.07) is 9.69. The number of piperidine rings is 1.